The molecule has 1 aliphatic rings. The van der Waals surface area contributed by atoms with Gasteiger partial charge in [0.2, 0.25) is 0 Å². The molecule has 0 bridgehead atoms. The molecule has 0 aliphatic carbocycles. The van der Waals surface area contributed by atoms with E-state index >= 15 is 0 Å². The third-order valence-corrected chi connectivity index (χ3v) is 5.77. The normalized spacial score (nSPS) is 22.4. The largest absolute Gasteiger partial charge is 0.481 e. The summed E-state index contributed by atoms with van der Waals surface area (Å²) in [7, 11) is -3.61. The van der Waals surface area contributed by atoms with Crippen LogP contribution in [-0.2, 0) is 15.0 Å². The predicted molar refractivity (Wildman–Crippen MR) is 73.0 cm³/mol. The van der Waals surface area contributed by atoms with E-state index in [0.717, 1.165) is 0 Å². The van der Waals surface area contributed by atoms with Crippen LogP contribution in [0.5, 0.6) is 0 Å². The Kier molecular flexibility index (Phi) is 5.34. The third kappa shape index (κ3) is 4.15. The van der Waals surface area contributed by atoms with Crippen molar-refractivity contribution in [1.29, 1.82) is 0 Å². The highest BCUT2D eigenvalue weighted by atomic mass is 32.2. The van der Waals surface area contributed by atoms with Crippen molar-refractivity contribution in [3.63, 3.8) is 0 Å². The van der Waals surface area contributed by atoms with Gasteiger partial charge in [-0.25, -0.2) is 0 Å². The number of hydrogen-bond acceptors (Lipinski definition) is 3. The molecule has 2 N–H and O–H groups in total. The van der Waals surface area contributed by atoms with Crippen LogP contribution in [-0.4, -0.2) is 42.4 Å². The maximum atomic E-state index is 12.3. The zero-order valence-corrected chi connectivity index (χ0v) is 12.7. The summed E-state index contributed by atoms with van der Waals surface area (Å²) in [6.07, 6.45) is 2.52. The van der Waals surface area contributed by atoms with Crippen LogP contribution in [0.25, 0.3) is 0 Å². The maximum Gasteiger partial charge on any atom is 0.307 e. The molecular formula is C12H24N2O4S. The summed E-state index contributed by atoms with van der Waals surface area (Å²) in [6.45, 7) is 6.19. The average Bonchev–Trinajstić information content (AvgIpc) is 2.38. The molecule has 0 saturated carbocycles. The number of carboxylic acid groups (broad SMARTS) is 1. The lowest BCUT2D eigenvalue weighted by molar-refractivity contribution is -0.142. The molecule has 1 fully saturated rings. The van der Waals surface area contributed by atoms with E-state index in [1.54, 1.807) is 0 Å². The first-order valence-corrected chi connectivity index (χ1v) is 8.20. The smallest absolute Gasteiger partial charge is 0.307 e. The number of rotatable bonds is 6. The summed E-state index contributed by atoms with van der Waals surface area (Å²) in [6, 6.07) is 0. The summed E-state index contributed by atoms with van der Waals surface area (Å²) < 4.78 is 28.6. The second-order valence-corrected chi connectivity index (χ2v) is 7.08. The van der Waals surface area contributed by atoms with Crippen molar-refractivity contribution < 1.29 is 18.3 Å². The Bertz CT molecular complexity index is 417. The molecule has 0 aromatic carbocycles. The van der Waals surface area contributed by atoms with Gasteiger partial charge in [0.15, 0.2) is 0 Å². The highest BCUT2D eigenvalue weighted by molar-refractivity contribution is 7.87. The Labute approximate surface area is 115 Å². The summed E-state index contributed by atoms with van der Waals surface area (Å²) in [5.41, 5.74) is -0.477. The standard InChI is InChI=1S/C12H24N2O4S/c1-4-12(3,5-2)13-19(17,18)14-8-6-7-10(9-14)11(15)16/h10,13H,4-9H2,1-3H3,(H,15,16). The van der Waals surface area contributed by atoms with Crippen LogP contribution in [0.4, 0.5) is 0 Å². The van der Waals surface area contributed by atoms with E-state index in [9.17, 15) is 13.2 Å². The highest BCUT2D eigenvalue weighted by Gasteiger charge is 2.35. The van der Waals surface area contributed by atoms with Gasteiger partial charge in [-0.1, -0.05) is 13.8 Å². The minimum absolute atomic E-state index is 0.0637. The van der Waals surface area contributed by atoms with Crippen molar-refractivity contribution in [3.8, 4) is 0 Å². The van der Waals surface area contributed by atoms with E-state index in [-0.39, 0.29) is 6.54 Å². The van der Waals surface area contributed by atoms with Crippen LogP contribution in [0.1, 0.15) is 46.5 Å². The molecule has 0 aromatic heterocycles. The van der Waals surface area contributed by atoms with Crippen molar-refractivity contribution in [3.05, 3.63) is 0 Å². The van der Waals surface area contributed by atoms with Crippen molar-refractivity contribution in [1.82, 2.24) is 9.03 Å². The molecule has 1 saturated heterocycles. The van der Waals surface area contributed by atoms with Gasteiger partial charge < -0.3 is 5.11 Å². The second-order valence-electron chi connectivity index (χ2n) is 5.41. The lowest BCUT2D eigenvalue weighted by atomic mass is 9.98. The van der Waals surface area contributed by atoms with Crippen LogP contribution < -0.4 is 4.72 Å². The average molecular weight is 292 g/mol. The molecule has 112 valence electrons. The molecule has 19 heavy (non-hydrogen) atoms. The van der Waals surface area contributed by atoms with Crippen LogP contribution in [0.2, 0.25) is 0 Å². The van der Waals surface area contributed by atoms with Gasteiger partial charge in [-0.15, -0.1) is 0 Å². The summed E-state index contributed by atoms with van der Waals surface area (Å²) in [5.74, 6) is -1.52. The minimum Gasteiger partial charge on any atom is -0.481 e. The zero-order valence-electron chi connectivity index (χ0n) is 11.8. The van der Waals surface area contributed by atoms with E-state index in [1.165, 1.54) is 4.31 Å². The predicted octanol–water partition coefficient (Wildman–Crippen LogP) is 1.20. The van der Waals surface area contributed by atoms with E-state index < -0.39 is 27.6 Å². The van der Waals surface area contributed by atoms with Gasteiger partial charge in [-0.05, 0) is 32.6 Å². The van der Waals surface area contributed by atoms with Crippen LogP contribution in [0.3, 0.4) is 0 Å². The van der Waals surface area contributed by atoms with E-state index in [0.29, 0.717) is 32.2 Å². The molecule has 1 heterocycles. The first-order valence-electron chi connectivity index (χ1n) is 6.76. The lowest BCUT2D eigenvalue weighted by Crippen LogP contribution is -2.54. The number of nitrogens with one attached hydrogen (secondary N) is 1. The number of nitrogens with zero attached hydrogens (tertiary/aromatic N) is 1. The van der Waals surface area contributed by atoms with Crippen LogP contribution >= 0.6 is 0 Å². The van der Waals surface area contributed by atoms with E-state index in [2.05, 4.69) is 4.72 Å². The molecule has 0 radical (unpaired) electrons. The number of piperidine rings is 1. The van der Waals surface area contributed by atoms with Crippen molar-refractivity contribution in [2.24, 2.45) is 5.92 Å². The molecule has 1 rings (SSSR count). The number of carbonyl (C=O) groups is 1. The van der Waals surface area contributed by atoms with Gasteiger partial charge in [0, 0.05) is 18.6 Å². The van der Waals surface area contributed by atoms with Crippen molar-refractivity contribution >= 4 is 16.2 Å². The van der Waals surface area contributed by atoms with Gasteiger partial charge in [0.1, 0.15) is 0 Å². The quantitative estimate of drug-likeness (QED) is 0.770. The fourth-order valence-corrected chi connectivity index (χ4v) is 3.92. The molecule has 0 amide bonds. The minimum atomic E-state index is -3.61. The molecule has 1 unspecified atom stereocenters. The Hall–Kier alpha value is -0.660. The van der Waals surface area contributed by atoms with Gasteiger partial charge in [-0.3, -0.25) is 4.79 Å². The van der Waals surface area contributed by atoms with Gasteiger partial charge in [0.25, 0.3) is 10.2 Å². The maximum absolute atomic E-state index is 12.3. The number of carboxylic acids is 1. The Morgan fingerprint density at radius 1 is 1.42 bits per heavy atom. The molecular weight excluding hydrogens is 268 g/mol. The van der Waals surface area contributed by atoms with Gasteiger partial charge in [0.05, 0.1) is 5.92 Å². The first-order chi connectivity index (χ1) is 8.74. The molecule has 6 nitrogen and oxygen atoms in total. The van der Waals surface area contributed by atoms with Crippen LogP contribution in [0.15, 0.2) is 0 Å². The first kappa shape index (κ1) is 16.4. The lowest BCUT2D eigenvalue weighted by Gasteiger charge is -2.34. The molecule has 0 aromatic rings. The Morgan fingerprint density at radius 3 is 2.47 bits per heavy atom. The molecule has 1 atom stereocenters. The van der Waals surface area contributed by atoms with Crippen molar-refractivity contribution in [2.45, 2.75) is 52.0 Å². The zero-order chi connectivity index (χ0) is 14.7. The summed E-state index contributed by atoms with van der Waals surface area (Å²) >= 11 is 0. The fourth-order valence-electron chi connectivity index (χ4n) is 2.13. The Morgan fingerprint density at radius 2 is 2.00 bits per heavy atom. The molecule has 7 heteroatoms. The topological polar surface area (TPSA) is 86.7 Å². The highest BCUT2D eigenvalue weighted by Crippen LogP contribution is 2.22. The Balaban J connectivity index is 2.80. The SMILES string of the molecule is CCC(C)(CC)NS(=O)(=O)N1CCCC(C(=O)O)C1. The van der Waals surface area contributed by atoms with Crippen LogP contribution in [0, 0.1) is 5.92 Å². The molecule has 1 aliphatic heterocycles. The summed E-state index contributed by atoms with van der Waals surface area (Å²) in [5, 5.41) is 9.00. The van der Waals surface area contributed by atoms with Gasteiger partial charge >= 0.3 is 5.97 Å². The number of hydrogen-bond donors (Lipinski definition) is 2. The number of aliphatic carboxylic acids is 1. The molecule has 0 spiro atoms. The monoisotopic (exact) mass is 292 g/mol. The van der Waals surface area contributed by atoms with E-state index in [4.69, 9.17) is 5.11 Å². The fraction of sp³-hybridized carbons (Fsp3) is 0.917. The van der Waals surface area contributed by atoms with Crippen molar-refractivity contribution in [2.75, 3.05) is 13.1 Å². The summed E-state index contributed by atoms with van der Waals surface area (Å²) in [4.78, 5) is 11.0. The second kappa shape index (κ2) is 6.19. The van der Waals surface area contributed by atoms with Gasteiger partial charge in [-0.2, -0.15) is 17.4 Å². The third-order valence-electron chi connectivity index (χ3n) is 4.01. The van der Waals surface area contributed by atoms with E-state index in [1.807, 2.05) is 20.8 Å².